The first-order valence-electron chi connectivity index (χ1n) is 8.80. The van der Waals surface area contributed by atoms with Gasteiger partial charge in [-0.05, 0) is 36.9 Å². The maximum atomic E-state index is 12.5. The summed E-state index contributed by atoms with van der Waals surface area (Å²) in [4.78, 5) is 47.8. The van der Waals surface area contributed by atoms with Crippen molar-refractivity contribution < 1.29 is 34.5 Å². The lowest BCUT2D eigenvalue weighted by molar-refractivity contribution is -0.143. The fraction of sp³-hybridized carbons (Fsp3) is 0.750. The number of aliphatic hydroxyl groups is 2. The predicted octanol–water partition coefficient (Wildman–Crippen LogP) is -2.66. The maximum absolute atomic E-state index is 12.5. The number of nitrogens with one attached hydrogen (secondary N) is 3. The topological polar surface area (TPSA) is 191 Å². The summed E-state index contributed by atoms with van der Waals surface area (Å²) in [5.41, 5.74) is 5.81. The molecule has 0 fully saturated rings. The molecule has 0 aliphatic rings. The van der Waals surface area contributed by atoms with Crippen molar-refractivity contribution in [1.29, 1.82) is 0 Å². The molecule has 0 saturated carbocycles. The standard InChI is InChI=1S/C16H30N4O7S2/c1-28-5-3-9(17)13(23)18-10(4-6-29-2)14(24)19-11(7-21)15(25)20-12(8-22)16(26)27/h9-12,21-22H,3-8,17H2,1-2H3,(H,18,23)(H,19,24)(H,20,25)(H,26,27). The van der Waals surface area contributed by atoms with Crippen molar-refractivity contribution in [3.63, 3.8) is 0 Å². The van der Waals surface area contributed by atoms with E-state index in [4.69, 9.17) is 15.9 Å². The second kappa shape index (κ2) is 15.3. The molecule has 3 amide bonds. The van der Waals surface area contributed by atoms with Crippen LogP contribution in [0.25, 0.3) is 0 Å². The summed E-state index contributed by atoms with van der Waals surface area (Å²) in [5, 5.41) is 34.1. The number of carbonyl (C=O) groups is 4. The maximum Gasteiger partial charge on any atom is 0.328 e. The number of aliphatic hydroxyl groups excluding tert-OH is 2. The molecule has 29 heavy (non-hydrogen) atoms. The third kappa shape index (κ3) is 10.7. The van der Waals surface area contributed by atoms with Crippen LogP contribution in [0.3, 0.4) is 0 Å². The highest BCUT2D eigenvalue weighted by Crippen LogP contribution is 2.04. The highest BCUT2D eigenvalue weighted by atomic mass is 32.2. The van der Waals surface area contributed by atoms with Gasteiger partial charge in [-0.2, -0.15) is 23.5 Å². The highest BCUT2D eigenvalue weighted by molar-refractivity contribution is 7.98. The summed E-state index contributed by atoms with van der Waals surface area (Å²) in [5.74, 6) is -2.44. The first-order chi connectivity index (χ1) is 13.7. The molecule has 0 saturated heterocycles. The Labute approximate surface area is 177 Å². The van der Waals surface area contributed by atoms with E-state index in [9.17, 15) is 24.3 Å². The smallest absolute Gasteiger partial charge is 0.328 e. The zero-order chi connectivity index (χ0) is 22.4. The number of carboxylic acid groups (broad SMARTS) is 1. The molecule has 4 atom stereocenters. The number of nitrogens with two attached hydrogens (primary N) is 1. The van der Waals surface area contributed by atoms with Crippen LogP contribution in [0.5, 0.6) is 0 Å². The lowest BCUT2D eigenvalue weighted by Gasteiger charge is -2.24. The fourth-order valence-electron chi connectivity index (χ4n) is 2.08. The molecule has 8 N–H and O–H groups in total. The van der Waals surface area contributed by atoms with E-state index in [-0.39, 0.29) is 6.42 Å². The van der Waals surface area contributed by atoms with Gasteiger partial charge in [0.15, 0.2) is 0 Å². The Morgan fingerprint density at radius 1 is 0.793 bits per heavy atom. The van der Waals surface area contributed by atoms with Gasteiger partial charge in [0.05, 0.1) is 19.3 Å². The second-order valence-corrected chi connectivity index (χ2v) is 8.03. The number of hydrogen-bond acceptors (Lipinski definition) is 9. The van der Waals surface area contributed by atoms with E-state index in [2.05, 4.69) is 10.6 Å². The van der Waals surface area contributed by atoms with Gasteiger partial charge >= 0.3 is 5.97 Å². The van der Waals surface area contributed by atoms with Crippen LogP contribution in [-0.2, 0) is 19.2 Å². The molecule has 0 aromatic carbocycles. The average molecular weight is 455 g/mol. The molecule has 168 valence electrons. The van der Waals surface area contributed by atoms with E-state index in [1.165, 1.54) is 23.5 Å². The van der Waals surface area contributed by atoms with Crippen LogP contribution in [0, 0.1) is 0 Å². The molecule has 0 bridgehead atoms. The molecule has 0 spiro atoms. The SMILES string of the molecule is CSCCC(N)C(=O)NC(CCSC)C(=O)NC(CO)C(=O)NC(CO)C(=O)O. The van der Waals surface area contributed by atoms with Gasteiger partial charge in [-0.3, -0.25) is 14.4 Å². The first kappa shape index (κ1) is 27.5. The third-order valence-corrected chi connectivity index (χ3v) is 5.11. The second-order valence-electron chi connectivity index (χ2n) is 6.06. The number of amides is 3. The van der Waals surface area contributed by atoms with E-state index in [0.717, 1.165) is 0 Å². The van der Waals surface area contributed by atoms with Crippen LogP contribution >= 0.6 is 23.5 Å². The summed E-state index contributed by atoms with van der Waals surface area (Å²) in [6.45, 7) is -1.65. The molecule has 0 aromatic heterocycles. The number of hydrogen-bond donors (Lipinski definition) is 7. The Morgan fingerprint density at radius 2 is 1.24 bits per heavy atom. The van der Waals surface area contributed by atoms with Crippen LogP contribution in [0.2, 0.25) is 0 Å². The van der Waals surface area contributed by atoms with E-state index in [1.807, 2.05) is 17.8 Å². The van der Waals surface area contributed by atoms with Crippen LogP contribution in [-0.4, -0.2) is 100 Å². The minimum absolute atomic E-state index is 0.266. The molecule has 0 rings (SSSR count). The van der Waals surface area contributed by atoms with Crippen molar-refractivity contribution in [3.05, 3.63) is 0 Å². The highest BCUT2D eigenvalue weighted by Gasteiger charge is 2.29. The molecule has 4 unspecified atom stereocenters. The molecule has 0 aliphatic heterocycles. The number of rotatable bonds is 15. The number of aliphatic carboxylic acids is 1. The lowest BCUT2D eigenvalue weighted by Crippen LogP contribution is -2.58. The molecule has 11 nitrogen and oxygen atoms in total. The minimum Gasteiger partial charge on any atom is -0.480 e. The summed E-state index contributed by atoms with van der Waals surface area (Å²) < 4.78 is 0. The monoisotopic (exact) mass is 454 g/mol. The van der Waals surface area contributed by atoms with E-state index in [1.54, 1.807) is 0 Å². The first-order valence-corrected chi connectivity index (χ1v) is 11.6. The van der Waals surface area contributed by atoms with Gasteiger partial charge in [0.1, 0.15) is 18.1 Å². The largest absolute Gasteiger partial charge is 0.480 e. The molecule has 13 heteroatoms. The van der Waals surface area contributed by atoms with Crippen LogP contribution in [0.4, 0.5) is 0 Å². The summed E-state index contributed by atoms with van der Waals surface area (Å²) in [6.07, 6.45) is 4.41. The Kier molecular flexibility index (Phi) is 14.5. The third-order valence-electron chi connectivity index (χ3n) is 3.83. The van der Waals surface area contributed by atoms with Crippen molar-refractivity contribution in [3.8, 4) is 0 Å². The zero-order valence-electron chi connectivity index (χ0n) is 16.4. The minimum atomic E-state index is -1.57. The Morgan fingerprint density at radius 3 is 1.72 bits per heavy atom. The van der Waals surface area contributed by atoms with Gasteiger partial charge in [0.2, 0.25) is 17.7 Å². The number of thioether (sulfide) groups is 2. The fourth-order valence-corrected chi connectivity index (χ4v) is 3.04. The molecule has 0 heterocycles. The molecular weight excluding hydrogens is 424 g/mol. The molecule has 0 radical (unpaired) electrons. The van der Waals surface area contributed by atoms with Crippen LogP contribution in [0.15, 0.2) is 0 Å². The zero-order valence-corrected chi connectivity index (χ0v) is 18.1. The van der Waals surface area contributed by atoms with Crippen LogP contribution in [0.1, 0.15) is 12.8 Å². The normalized spacial score (nSPS) is 14.9. The van der Waals surface area contributed by atoms with Crippen molar-refractivity contribution in [2.75, 3.05) is 37.2 Å². The van der Waals surface area contributed by atoms with E-state index in [0.29, 0.717) is 17.9 Å². The van der Waals surface area contributed by atoms with Gasteiger partial charge in [-0.1, -0.05) is 0 Å². The van der Waals surface area contributed by atoms with E-state index >= 15 is 0 Å². The van der Waals surface area contributed by atoms with Gasteiger partial charge < -0.3 is 37.0 Å². The predicted molar refractivity (Wildman–Crippen MR) is 112 cm³/mol. The quantitative estimate of drug-likeness (QED) is 0.137. The summed E-state index contributed by atoms with van der Waals surface area (Å²) in [6, 6.07) is -4.79. The number of carbonyl (C=O) groups excluding carboxylic acids is 3. The van der Waals surface area contributed by atoms with Gasteiger partial charge in [0, 0.05) is 0 Å². The Bertz CT molecular complexity index is 553. The van der Waals surface area contributed by atoms with Crippen molar-refractivity contribution >= 4 is 47.2 Å². The summed E-state index contributed by atoms with van der Waals surface area (Å²) in [7, 11) is 0. The Balaban J connectivity index is 5.05. The molecular formula is C16H30N4O7S2. The van der Waals surface area contributed by atoms with E-state index < -0.39 is 61.1 Å². The number of carboxylic acids is 1. The van der Waals surface area contributed by atoms with Crippen molar-refractivity contribution in [2.45, 2.75) is 37.0 Å². The average Bonchev–Trinajstić information content (AvgIpc) is 2.70. The molecule has 0 aliphatic carbocycles. The van der Waals surface area contributed by atoms with Gasteiger partial charge in [-0.15, -0.1) is 0 Å². The van der Waals surface area contributed by atoms with Gasteiger partial charge in [-0.25, -0.2) is 4.79 Å². The molecule has 0 aromatic rings. The van der Waals surface area contributed by atoms with Crippen molar-refractivity contribution in [1.82, 2.24) is 16.0 Å². The summed E-state index contributed by atoms with van der Waals surface area (Å²) >= 11 is 2.99. The lowest BCUT2D eigenvalue weighted by atomic mass is 10.1. The van der Waals surface area contributed by atoms with Crippen molar-refractivity contribution in [2.24, 2.45) is 5.73 Å². The van der Waals surface area contributed by atoms with Gasteiger partial charge in [0.25, 0.3) is 0 Å². The van der Waals surface area contributed by atoms with Crippen LogP contribution < -0.4 is 21.7 Å². The Hall–Kier alpha value is -1.54.